The van der Waals surface area contributed by atoms with Crippen LogP contribution in [0.5, 0.6) is 0 Å². The Morgan fingerprint density at radius 2 is 1.85 bits per heavy atom. The van der Waals surface area contributed by atoms with Gasteiger partial charge in [0.25, 0.3) is 10.0 Å². The van der Waals surface area contributed by atoms with Gasteiger partial charge in [0, 0.05) is 17.1 Å². The van der Waals surface area contributed by atoms with Crippen LogP contribution in [0.4, 0.5) is 15.9 Å². The lowest BCUT2D eigenvalue weighted by molar-refractivity contribution is 0.601. The molecule has 0 amide bonds. The highest BCUT2D eigenvalue weighted by molar-refractivity contribution is 7.92. The Hall–Kier alpha value is -2.64. The summed E-state index contributed by atoms with van der Waals surface area (Å²) in [5.41, 5.74) is 0.821. The first-order valence-corrected chi connectivity index (χ1v) is 9.52. The van der Waals surface area contributed by atoms with E-state index in [1.54, 1.807) is 42.5 Å². The summed E-state index contributed by atoms with van der Waals surface area (Å²) >= 11 is 5.83. The van der Waals surface area contributed by atoms with Crippen molar-refractivity contribution in [2.45, 2.75) is 11.4 Å². The molecule has 0 saturated heterocycles. The Bertz CT molecular complexity index is 1010. The minimum Gasteiger partial charge on any atom is -0.366 e. The molecule has 2 N–H and O–H groups in total. The summed E-state index contributed by atoms with van der Waals surface area (Å²) in [6, 6.07) is 15.6. The largest absolute Gasteiger partial charge is 0.366 e. The predicted molar refractivity (Wildman–Crippen MR) is 100 cm³/mol. The predicted octanol–water partition coefficient (Wildman–Crippen LogP) is 4.29. The monoisotopic (exact) mass is 391 g/mol. The number of rotatable bonds is 6. The maximum atomic E-state index is 13.6. The number of anilines is 2. The standard InChI is InChI=1S/C18H15ClFN3O2S/c19-14-5-3-6-16(10-14)26(24,25)23-15-8-9-18(22-12-15)21-11-13-4-1-2-7-17(13)20/h1-10,12,23H,11H2,(H,21,22). The Kier molecular flexibility index (Phi) is 5.39. The van der Waals surface area contributed by atoms with Gasteiger partial charge in [0.05, 0.1) is 16.8 Å². The van der Waals surface area contributed by atoms with E-state index in [4.69, 9.17) is 11.6 Å². The molecule has 0 unspecified atom stereocenters. The van der Waals surface area contributed by atoms with Crippen LogP contribution in [0.3, 0.4) is 0 Å². The van der Waals surface area contributed by atoms with Gasteiger partial charge < -0.3 is 5.32 Å². The molecule has 8 heteroatoms. The number of sulfonamides is 1. The molecule has 0 bridgehead atoms. The van der Waals surface area contributed by atoms with E-state index in [0.29, 0.717) is 22.1 Å². The second kappa shape index (κ2) is 7.72. The molecular weight excluding hydrogens is 377 g/mol. The summed E-state index contributed by atoms with van der Waals surface area (Å²) in [5, 5.41) is 3.32. The molecule has 1 heterocycles. The third-order valence-electron chi connectivity index (χ3n) is 3.54. The fourth-order valence-electron chi connectivity index (χ4n) is 2.23. The molecular formula is C18H15ClFN3O2S. The summed E-state index contributed by atoms with van der Waals surface area (Å²) in [5.74, 6) is 0.199. The Labute approximate surface area is 155 Å². The van der Waals surface area contributed by atoms with E-state index < -0.39 is 10.0 Å². The lowest BCUT2D eigenvalue weighted by Crippen LogP contribution is -2.13. The van der Waals surface area contributed by atoms with Crippen molar-refractivity contribution in [2.24, 2.45) is 0 Å². The van der Waals surface area contributed by atoms with Gasteiger partial charge in [-0.2, -0.15) is 0 Å². The van der Waals surface area contributed by atoms with Crippen LogP contribution >= 0.6 is 11.6 Å². The number of pyridine rings is 1. The van der Waals surface area contributed by atoms with E-state index in [-0.39, 0.29) is 17.3 Å². The maximum absolute atomic E-state index is 13.6. The third-order valence-corrected chi connectivity index (χ3v) is 5.15. The Morgan fingerprint density at radius 3 is 2.54 bits per heavy atom. The van der Waals surface area contributed by atoms with Crippen LogP contribution in [-0.2, 0) is 16.6 Å². The van der Waals surface area contributed by atoms with E-state index in [9.17, 15) is 12.8 Å². The molecule has 0 fully saturated rings. The van der Waals surface area contributed by atoms with Crippen molar-refractivity contribution in [3.63, 3.8) is 0 Å². The molecule has 2 aromatic carbocycles. The van der Waals surface area contributed by atoms with E-state index in [1.165, 1.54) is 24.4 Å². The topological polar surface area (TPSA) is 71.1 Å². The minimum absolute atomic E-state index is 0.0618. The van der Waals surface area contributed by atoms with Gasteiger partial charge in [-0.05, 0) is 36.4 Å². The number of hydrogen-bond donors (Lipinski definition) is 2. The molecule has 3 rings (SSSR count). The molecule has 26 heavy (non-hydrogen) atoms. The lowest BCUT2D eigenvalue weighted by Gasteiger charge is -2.10. The van der Waals surface area contributed by atoms with Crippen molar-refractivity contribution < 1.29 is 12.8 Å². The molecule has 0 saturated carbocycles. The van der Waals surface area contributed by atoms with E-state index in [2.05, 4.69) is 15.0 Å². The highest BCUT2D eigenvalue weighted by atomic mass is 35.5. The van der Waals surface area contributed by atoms with Gasteiger partial charge in [0.1, 0.15) is 11.6 Å². The van der Waals surface area contributed by atoms with Crippen molar-refractivity contribution in [3.8, 4) is 0 Å². The molecule has 0 aliphatic carbocycles. The SMILES string of the molecule is O=S(=O)(Nc1ccc(NCc2ccccc2F)nc1)c1cccc(Cl)c1. The average molecular weight is 392 g/mol. The first kappa shape index (κ1) is 18.2. The zero-order valence-corrected chi connectivity index (χ0v) is 15.1. The van der Waals surface area contributed by atoms with Crippen molar-refractivity contribution in [2.75, 3.05) is 10.0 Å². The van der Waals surface area contributed by atoms with Crippen LogP contribution in [0.1, 0.15) is 5.56 Å². The van der Waals surface area contributed by atoms with Crippen molar-refractivity contribution in [3.05, 3.63) is 83.3 Å². The smallest absolute Gasteiger partial charge is 0.261 e. The first-order valence-electron chi connectivity index (χ1n) is 7.66. The van der Waals surface area contributed by atoms with Crippen LogP contribution in [0, 0.1) is 5.82 Å². The van der Waals surface area contributed by atoms with Crippen molar-refractivity contribution in [1.82, 2.24) is 4.98 Å². The first-order chi connectivity index (χ1) is 12.4. The lowest BCUT2D eigenvalue weighted by atomic mass is 10.2. The molecule has 0 radical (unpaired) electrons. The summed E-state index contributed by atoms with van der Waals surface area (Å²) in [6.07, 6.45) is 1.38. The highest BCUT2D eigenvalue weighted by Crippen LogP contribution is 2.19. The second-order valence-corrected chi connectivity index (χ2v) is 7.56. The molecule has 0 aliphatic heterocycles. The molecule has 0 aliphatic rings. The third kappa shape index (κ3) is 4.50. The van der Waals surface area contributed by atoms with Crippen LogP contribution in [0.2, 0.25) is 5.02 Å². The highest BCUT2D eigenvalue weighted by Gasteiger charge is 2.14. The van der Waals surface area contributed by atoms with Gasteiger partial charge >= 0.3 is 0 Å². The minimum atomic E-state index is -3.75. The van der Waals surface area contributed by atoms with Gasteiger partial charge in [-0.1, -0.05) is 35.9 Å². The van der Waals surface area contributed by atoms with Gasteiger partial charge in [-0.25, -0.2) is 17.8 Å². The molecule has 1 aromatic heterocycles. The summed E-state index contributed by atoms with van der Waals surface area (Å²) in [7, 11) is -3.75. The van der Waals surface area contributed by atoms with Gasteiger partial charge in [0.2, 0.25) is 0 Å². The van der Waals surface area contributed by atoms with Gasteiger partial charge in [-0.15, -0.1) is 0 Å². The summed E-state index contributed by atoms with van der Waals surface area (Å²) in [4.78, 5) is 4.19. The molecule has 134 valence electrons. The summed E-state index contributed by atoms with van der Waals surface area (Å²) in [6.45, 7) is 0.271. The average Bonchev–Trinajstić information content (AvgIpc) is 2.62. The number of halogens is 2. The second-order valence-electron chi connectivity index (χ2n) is 5.44. The Morgan fingerprint density at radius 1 is 1.04 bits per heavy atom. The molecule has 0 spiro atoms. The molecule has 0 atom stereocenters. The van der Waals surface area contributed by atoms with Crippen LogP contribution < -0.4 is 10.0 Å². The number of nitrogens with zero attached hydrogens (tertiary/aromatic N) is 1. The van der Waals surface area contributed by atoms with Gasteiger partial charge in [0.15, 0.2) is 0 Å². The Balaban J connectivity index is 1.67. The zero-order chi connectivity index (χ0) is 18.6. The maximum Gasteiger partial charge on any atom is 0.261 e. The number of aromatic nitrogens is 1. The van der Waals surface area contributed by atoms with Crippen LogP contribution in [-0.4, -0.2) is 13.4 Å². The zero-order valence-electron chi connectivity index (χ0n) is 13.5. The number of nitrogens with one attached hydrogen (secondary N) is 2. The van der Waals surface area contributed by atoms with Crippen molar-refractivity contribution >= 4 is 33.1 Å². The van der Waals surface area contributed by atoms with Crippen LogP contribution in [0.25, 0.3) is 0 Å². The normalized spacial score (nSPS) is 11.2. The molecule has 5 nitrogen and oxygen atoms in total. The van der Waals surface area contributed by atoms with E-state index in [1.807, 2.05) is 0 Å². The summed E-state index contributed by atoms with van der Waals surface area (Å²) < 4.78 is 40.7. The van der Waals surface area contributed by atoms with E-state index >= 15 is 0 Å². The van der Waals surface area contributed by atoms with Gasteiger partial charge in [-0.3, -0.25) is 4.72 Å². The quantitative estimate of drug-likeness (QED) is 0.657. The molecule has 3 aromatic rings. The fourth-order valence-corrected chi connectivity index (χ4v) is 3.58. The number of benzene rings is 2. The van der Waals surface area contributed by atoms with E-state index in [0.717, 1.165) is 0 Å². The number of hydrogen-bond acceptors (Lipinski definition) is 4. The fraction of sp³-hybridized carbons (Fsp3) is 0.0556. The van der Waals surface area contributed by atoms with Crippen molar-refractivity contribution in [1.29, 1.82) is 0 Å². The van der Waals surface area contributed by atoms with Crippen LogP contribution in [0.15, 0.2) is 71.8 Å².